The molecule has 296 valence electrons. The van der Waals surface area contributed by atoms with Gasteiger partial charge in [-0.25, -0.2) is 4.79 Å². The van der Waals surface area contributed by atoms with Crippen LogP contribution in [0.25, 0.3) is 0 Å². The maximum Gasteiger partial charge on any atom is 0.356 e. The lowest BCUT2D eigenvalue weighted by Crippen LogP contribution is -2.72. The summed E-state index contributed by atoms with van der Waals surface area (Å²) in [5.74, 6) is -1.69. The van der Waals surface area contributed by atoms with Crippen LogP contribution in [0.15, 0.2) is 115 Å². The quantitative estimate of drug-likeness (QED) is 0.0432. The molecule has 9 nitrogen and oxygen atoms in total. The monoisotopic (exact) mass is 795 g/mol. The molecule has 2 heterocycles. The number of amides is 1. The summed E-state index contributed by atoms with van der Waals surface area (Å²) in [5, 5.41) is 2.53. The summed E-state index contributed by atoms with van der Waals surface area (Å²) < 4.78 is 30.3. The number of carbonyl (C=O) groups is 3. The molecule has 0 aromatic heterocycles. The van der Waals surface area contributed by atoms with Gasteiger partial charge in [-0.2, -0.15) is 0 Å². The van der Waals surface area contributed by atoms with E-state index in [1.807, 2.05) is 122 Å². The standard InChI is InChI=1S/C45H54NO8PSi/c1-31(54-56(7,8)45(3,4)5)40-41(38(39-30-52-39)29-51-32(2)47)46(42(40)48)43(44(49)53-28-33-24-26-34(50-6)27-25-33)55(35-18-12-9-13-19-35,36-20-14-10-15-21-36)37-22-16-11-17-23-37/h9-27,31,38-41H,28-30H2,1-8H3/t31-,38+,39+,40-,41-/m1/s1. The number of hydrogen-bond donors (Lipinski definition) is 0. The van der Waals surface area contributed by atoms with Gasteiger partial charge in [-0.3, -0.25) is 9.59 Å². The van der Waals surface area contributed by atoms with Crippen LogP contribution in [0, 0.1) is 11.8 Å². The van der Waals surface area contributed by atoms with Gasteiger partial charge in [-0.05, 0) is 58.7 Å². The van der Waals surface area contributed by atoms with Crippen LogP contribution in [0.1, 0.15) is 40.2 Å². The van der Waals surface area contributed by atoms with Crippen molar-refractivity contribution in [3.05, 3.63) is 121 Å². The fourth-order valence-electron chi connectivity index (χ4n) is 7.47. The van der Waals surface area contributed by atoms with Crippen LogP contribution in [-0.4, -0.2) is 75.1 Å². The average Bonchev–Trinajstić information content (AvgIpc) is 4.03. The molecule has 5 atom stereocenters. The number of benzene rings is 4. The zero-order valence-corrected chi connectivity index (χ0v) is 35.5. The van der Waals surface area contributed by atoms with E-state index < -0.39 is 51.1 Å². The molecule has 0 unspecified atom stereocenters. The molecule has 1 amide bonds. The van der Waals surface area contributed by atoms with Crippen LogP contribution in [0.3, 0.4) is 0 Å². The van der Waals surface area contributed by atoms with Crippen molar-refractivity contribution in [1.82, 2.24) is 4.90 Å². The molecule has 4 aromatic rings. The van der Waals surface area contributed by atoms with Gasteiger partial charge in [-0.1, -0.05) is 124 Å². The minimum absolute atomic E-state index is 0.0133. The Hall–Kier alpha value is -4.47. The smallest absolute Gasteiger partial charge is 0.356 e. The summed E-state index contributed by atoms with van der Waals surface area (Å²) in [6, 6.07) is 36.6. The number of β-lactam (4-membered cyclic amide) rings is 1. The van der Waals surface area contributed by atoms with Crippen molar-refractivity contribution in [2.24, 2.45) is 11.8 Å². The van der Waals surface area contributed by atoms with Gasteiger partial charge in [0.2, 0.25) is 5.91 Å². The predicted octanol–water partition coefficient (Wildman–Crippen LogP) is 6.68. The summed E-state index contributed by atoms with van der Waals surface area (Å²) in [4.78, 5) is 44.8. The van der Waals surface area contributed by atoms with Crippen molar-refractivity contribution < 1.29 is 37.8 Å². The molecular weight excluding hydrogens is 742 g/mol. The Morgan fingerprint density at radius 1 is 0.839 bits per heavy atom. The van der Waals surface area contributed by atoms with Crippen LogP contribution < -0.4 is 20.7 Å². The lowest BCUT2D eigenvalue weighted by atomic mass is 9.75. The molecule has 0 radical (unpaired) electrons. The largest absolute Gasteiger partial charge is 0.497 e. The second-order valence-corrected chi connectivity index (χ2v) is 24.1. The summed E-state index contributed by atoms with van der Waals surface area (Å²) in [6.45, 7) is 11.4. The maximum absolute atomic E-state index is 15.5. The Kier molecular flexibility index (Phi) is 12.5. The molecule has 0 bridgehead atoms. The van der Waals surface area contributed by atoms with E-state index in [4.69, 9.17) is 23.4 Å². The molecule has 0 saturated carbocycles. The first kappa shape index (κ1) is 41.2. The van der Waals surface area contributed by atoms with Gasteiger partial charge in [0.1, 0.15) is 17.8 Å². The molecule has 2 aliphatic rings. The number of rotatable bonds is 15. The van der Waals surface area contributed by atoms with Gasteiger partial charge >= 0.3 is 11.9 Å². The Morgan fingerprint density at radius 2 is 1.34 bits per heavy atom. The topological polar surface area (TPSA) is 104 Å². The lowest BCUT2D eigenvalue weighted by molar-refractivity contribution is -0.164. The summed E-state index contributed by atoms with van der Waals surface area (Å²) in [7, 11) is -0.765. The molecule has 0 spiro atoms. The summed E-state index contributed by atoms with van der Waals surface area (Å²) in [6.07, 6.45) is -0.787. The predicted molar refractivity (Wildman–Crippen MR) is 225 cm³/mol. The second kappa shape index (κ2) is 16.9. The van der Waals surface area contributed by atoms with Crippen LogP contribution in [-0.2, 0) is 39.6 Å². The third-order valence-corrected chi connectivity index (χ3v) is 20.2. The van der Waals surface area contributed by atoms with Crippen LogP contribution in [0.5, 0.6) is 5.75 Å². The summed E-state index contributed by atoms with van der Waals surface area (Å²) >= 11 is 0. The third kappa shape index (κ3) is 8.30. The van der Waals surface area contributed by atoms with Crippen molar-refractivity contribution >= 4 is 54.4 Å². The zero-order chi connectivity index (χ0) is 40.3. The summed E-state index contributed by atoms with van der Waals surface area (Å²) in [5.41, 5.74) is 1.02. The Bertz CT molecular complexity index is 1940. The van der Waals surface area contributed by atoms with Crippen LogP contribution in [0.2, 0.25) is 18.1 Å². The number of nitrogens with zero attached hydrogens (tertiary/aromatic N) is 1. The van der Waals surface area contributed by atoms with Gasteiger partial charge in [0.05, 0.1) is 44.5 Å². The van der Waals surface area contributed by atoms with E-state index in [9.17, 15) is 4.79 Å². The number of epoxide rings is 1. The Labute approximate surface area is 332 Å². The van der Waals surface area contributed by atoms with E-state index in [0.717, 1.165) is 21.5 Å². The Balaban J connectivity index is 1.64. The van der Waals surface area contributed by atoms with E-state index in [1.165, 1.54) is 6.92 Å². The Morgan fingerprint density at radius 3 is 1.77 bits per heavy atom. The highest BCUT2D eigenvalue weighted by molar-refractivity contribution is 7.96. The van der Waals surface area contributed by atoms with E-state index in [-0.39, 0.29) is 35.7 Å². The van der Waals surface area contributed by atoms with Crippen molar-refractivity contribution in [2.75, 3.05) is 20.3 Å². The third-order valence-electron chi connectivity index (χ3n) is 11.4. The highest BCUT2D eigenvalue weighted by Crippen LogP contribution is 2.52. The molecule has 6 rings (SSSR count). The minimum Gasteiger partial charge on any atom is -0.497 e. The SMILES string of the molecule is COc1ccc(COC(=O)C(N2C(=O)[C@H]([C@@H](C)O[Si](C)(C)C(C)(C)C)[C@H]2[C@@H](COC(C)=O)[C@@H]2CO2)=P(c2ccccc2)(c2ccccc2)c2ccccc2)cc1. The van der Waals surface area contributed by atoms with Crippen molar-refractivity contribution in [3.8, 4) is 5.75 Å². The first-order chi connectivity index (χ1) is 26.7. The maximum atomic E-state index is 15.5. The number of ether oxygens (including phenoxy) is 4. The van der Waals surface area contributed by atoms with Crippen molar-refractivity contribution in [2.45, 2.75) is 77.6 Å². The highest BCUT2D eigenvalue weighted by atomic mass is 31.2. The first-order valence-corrected chi connectivity index (χ1v) is 23.9. The molecule has 0 aliphatic carbocycles. The fraction of sp³-hybridized carbons (Fsp3) is 0.378. The first-order valence-electron chi connectivity index (χ1n) is 19.2. The van der Waals surface area contributed by atoms with Crippen LogP contribution in [0.4, 0.5) is 0 Å². The van der Waals surface area contributed by atoms with Gasteiger partial charge in [-0.15, -0.1) is 0 Å². The second-order valence-electron chi connectivity index (χ2n) is 16.1. The lowest BCUT2D eigenvalue weighted by Gasteiger charge is -2.55. The molecule has 4 aromatic carbocycles. The van der Waals surface area contributed by atoms with Crippen molar-refractivity contribution in [3.63, 3.8) is 0 Å². The molecule has 2 fully saturated rings. The molecule has 2 aliphatic heterocycles. The van der Waals surface area contributed by atoms with E-state index in [2.05, 4.69) is 33.9 Å². The average molecular weight is 796 g/mol. The molecule has 0 N–H and O–H groups in total. The van der Waals surface area contributed by atoms with Gasteiger partial charge < -0.3 is 28.3 Å². The number of esters is 2. The van der Waals surface area contributed by atoms with E-state index in [0.29, 0.717) is 12.4 Å². The number of carbonyl (C=O) groups excluding carboxylic acids is 3. The van der Waals surface area contributed by atoms with Gasteiger partial charge in [0.15, 0.2) is 8.32 Å². The van der Waals surface area contributed by atoms with E-state index >= 15 is 9.59 Å². The normalized spacial score (nSPS) is 19.3. The minimum atomic E-state index is -3.21. The number of likely N-dealkylation sites (tertiary alicyclic amines) is 1. The fourth-order valence-corrected chi connectivity index (χ4v) is 13.3. The zero-order valence-electron chi connectivity index (χ0n) is 33.6. The van der Waals surface area contributed by atoms with Crippen LogP contribution >= 0.6 is 6.89 Å². The molecular formula is C45H54NO8PSi. The highest BCUT2D eigenvalue weighted by Gasteiger charge is 2.61. The van der Waals surface area contributed by atoms with Gasteiger partial charge in [0.25, 0.3) is 0 Å². The van der Waals surface area contributed by atoms with E-state index in [1.54, 1.807) is 12.0 Å². The molecule has 11 heteroatoms. The molecule has 2 saturated heterocycles. The molecule has 56 heavy (non-hydrogen) atoms. The number of hydrogen-bond acceptors (Lipinski definition) is 8. The van der Waals surface area contributed by atoms with Crippen molar-refractivity contribution in [1.29, 1.82) is 0 Å². The number of methoxy groups -OCH3 is 1. The van der Waals surface area contributed by atoms with Gasteiger partial charge in [0, 0.05) is 19.7 Å².